The number of hydrogen-bond donors (Lipinski definition) is 0. The van der Waals surface area contributed by atoms with Crippen LogP contribution in [0, 0.1) is 27.7 Å². The molecule has 5 heteroatoms. The predicted molar refractivity (Wildman–Crippen MR) is 108 cm³/mol. The largest absolute Gasteiger partial charge is 0.294 e. The predicted octanol–water partition coefficient (Wildman–Crippen LogP) is 3.86. The number of fused-ring (bicyclic) bond motifs is 1. The van der Waals surface area contributed by atoms with Gasteiger partial charge in [-0.2, -0.15) is 5.10 Å². The van der Waals surface area contributed by atoms with E-state index in [4.69, 9.17) is 0 Å². The molecule has 4 rings (SSSR count). The second-order valence-corrected chi connectivity index (χ2v) is 7.12. The average molecular weight is 358 g/mol. The van der Waals surface area contributed by atoms with E-state index >= 15 is 0 Å². The molecule has 0 saturated heterocycles. The van der Waals surface area contributed by atoms with Crippen molar-refractivity contribution < 1.29 is 0 Å². The number of hydrogen-bond acceptors (Lipinski definition) is 3. The minimum atomic E-state index is -0.0718. The summed E-state index contributed by atoms with van der Waals surface area (Å²) in [5.74, 6) is 0. The lowest BCUT2D eigenvalue weighted by atomic mass is 10.1. The highest BCUT2D eigenvalue weighted by Crippen LogP contribution is 2.20. The molecule has 0 fully saturated rings. The first-order valence-electron chi connectivity index (χ1n) is 9.01. The van der Waals surface area contributed by atoms with Crippen LogP contribution in [0.1, 0.15) is 27.8 Å². The third-order valence-electron chi connectivity index (χ3n) is 5.20. The van der Waals surface area contributed by atoms with Crippen molar-refractivity contribution >= 4 is 11.0 Å². The van der Waals surface area contributed by atoms with Gasteiger partial charge in [0.1, 0.15) is 11.7 Å². The summed E-state index contributed by atoms with van der Waals surface area (Å²) in [7, 11) is 0. The number of rotatable bonds is 3. The summed E-state index contributed by atoms with van der Waals surface area (Å²) < 4.78 is 3.40. The van der Waals surface area contributed by atoms with Crippen molar-refractivity contribution in [2.24, 2.45) is 0 Å². The number of aromatic nitrogens is 4. The zero-order valence-corrected chi connectivity index (χ0v) is 16.0. The van der Waals surface area contributed by atoms with E-state index in [1.54, 1.807) is 21.8 Å². The van der Waals surface area contributed by atoms with Gasteiger partial charge in [-0.15, -0.1) is 0 Å². The molecule has 0 saturated carbocycles. The van der Waals surface area contributed by atoms with Crippen LogP contribution in [-0.4, -0.2) is 19.3 Å². The highest BCUT2D eigenvalue weighted by molar-refractivity contribution is 5.75. The molecule has 0 atom stereocenters. The second-order valence-electron chi connectivity index (χ2n) is 7.12. The van der Waals surface area contributed by atoms with Crippen LogP contribution in [0.2, 0.25) is 0 Å². The van der Waals surface area contributed by atoms with Crippen LogP contribution >= 0.6 is 0 Å². The minimum Gasteiger partial charge on any atom is -0.294 e. The van der Waals surface area contributed by atoms with Gasteiger partial charge in [0.05, 0.1) is 18.4 Å². The molecule has 0 aliphatic carbocycles. The zero-order chi connectivity index (χ0) is 19.1. The molecule has 0 spiro atoms. The maximum absolute atomic E-state index is 13.0. The molecule has 0 aliphatic rings. The van der Waals surface area contributed by atoms with Crippen LogP contribution in [-0.2, 0) is 6.54 Å². The summed E-state index contributed by atoms with van der Waals surface area (Å²) in [6.45, 7) is 8.74. The van der Waals surface area contributed by atoms with E-state index in [2.05, 4.69) is 62.0 Å². The summed E-state index contributed by atoms with van der Waals surface area (Å²) in [5.41, 5.74) is 7.25. The first kappa shape index (κ1) is 17.2. The molecule has 0 amide bonds. The van der Waals surface area contributed by atoms with Crippen LogP contribution < -0.4 is 5.56 Å². The van der Waals surface area contributed by atoms with Crippen LogP contribution in [0.5, 0.6) is 0 Å². The monoisotopic (exact) mass is 358 g/mol. The minimum absolute atomic E-state index is 0.0718. The Morgan fingerprint density at radius 1 is 1.00 bits per heavy atom. The highest BCUT2D eigenvalue weighted by Gasteiger charge is 2.14. The topological polar surface area (TPSA) is 52.7 Å². The Morgan fingerprint density at radius 2 is 1.81 bits per heavy atom. The fraction of sp³-hybridized carbons (Fsp3) is 0.227. The molecule has 0 radical (unpaired) electrons. The van der Waals surface area contributed by atoms with Gasteiger partial charge in [0.2, 0.25) is 0 Å². The van der Waals surface area contributed by atoms with Gasteiger partial charge in [-0.05, 0) is 56.0 Å². The molecule has 0 aliphatic heterocycles. The van der Waals surface area contributed by atoms with Gasteiger partial charge in [0, 0.05) is 0 Å². The normalized spacial score (nSPS) is 11.3. The summed E-state index contributed by atoms with van der Waals surface area (Å²) >= 11 is 0. The molecule has 2 heterocycles. The van der Waals surface area contributed by atoms with Gasteiger partial charge >= 0.3 is 0 Å². The molecule has 0 unspecified atom stereocenters. The SMILES string of the molecule is Cc1ccc(C)c(Cn2cnc3c(cnn3-c3cccc(C)c3C)c2=O)c1. The van der Waals surface area contributed by atoms with Crippen molar-refractivity contribution in [3.05, 3.63) is 87.1 Å². The van der Waals surface area contributed by atoms with Gasteiger partial charge in [-0.1, -0.05) is 35.9 Å². The first-order chi connectivity index (χ1) is 13.0. The molecule has 0 bridgehead atoms. The molecular formula is C22H22N4O. The zero-order valence-electron chi connectivity index (χ0n) is 16.0. The summed E-state index contributed by atoms with van der Waals surface area (Å²) in [4.78, 5) is 17.6. The Hall–Kier alpha value is -3.21. The van der Waals surface area contributed by atoms with Crippen LogP contribution in [0.25, 0.3) is 16.7 Å². The number of benzene rings is 2. The van der Waals surface area contributed by atoms with Crippen molar-refractivity contribution in [3.63, 3.8) is 0 Å². The quantitative estimate of drug-likeness (QED) is 0.559. The lowest BCUT2D eigenvalue weighted by Gasteiger charge is -2.11. The van der Waals surface area contributed by atoms with Gasteiger partial charge in [0.15, 0.2) is 5.65 Å². The van der Waals surface area contributed by atoms with E-state index in [1.165, 1.54) is 16.7 Å². The number of nitrogens with zero attached hydrogens (tertiary/aromatic N) is 4. The van der Waals surface area contributed by atoms with E-state index in [-0.39, 0.29) is 5.56 Å². The van der Waals surface area contributed by atoms with Crippen LogP contribution in [0.4, 0.5) is 0 Å². The Balaban J connectivity index is 1.82. The van der Waals surface area contributed by atoms with E-state index in [9.17, 15) is 4.79 Å². The molecule has 5 nitrogen and oxygen atoms in total. The van der Waals surface area contributed by atoms with Crippen LogP contribution in [0.3, 0.4) is 0 Å². The Bertz CT molecular complexity index is 1220. The summed E-state index contributed by atoms with van der Waals surface area (Å²) in [6, 6.07) is 12.3. The molecule has 2 aromatic carbocycles. The molecule has 27 heavy (non-hydrogen) atoms. The maximum atomic E-state index is 13.0. The van der Waals surface area contributed by atoms with E-state index in [1.807, 2.05) is 12.1 Å². The lowest BCUT2D eigenvalue weighted by molar-refractivity contribution is 0.741. The summed E-state index contributed by atoms with van der Waals surface area (Å²) in [6.07, 6.45) is 3.24. The fourth-order valence-corrected chi connectivity index (χ4v) is 3.36. The Kier molecular flexibility index (Phi) is 4.15. The van der Waals surface area contributed by atoms with Crippen molar-refractivity contribution in [3.8, 4) is 5.69 Å². The number of aryl methyl sites for hydroxylation is 3. The first-order valence-corrected chi connectivity index (χ1v) is 9.01. The van der Waals surface area contributed by atoms with E-state index in [0.29, 0.717) is 17.6 Å². The fourth-order valence-electron chi connectivity index (χ4n) is 3.36. The van der Waals surface area contributed by atoms with Gasteiger partial charge < -0.3 is 0 Å². The Morgan fingerprint density at radius 3 is 2.63 bits per heavy atom. The molecule has 136 valence electrons. The van der Waals surface area contributed by atoms with Gasteiger partial charge in [-0.3, -0.25) is 9.36 Å². The highest BCUT2D eigenvalue weighted by atomic mass is 16.1. The van der Waals surface area contributed by atoms with Crippen molar-refractivity contribution in [1.29, 1.82) is 0 Å². The van der Waals surface area contributed by atoms with Crippen molar-refractivity contribution in [2.75, 3.05) is 0 Å². The maximum Gasteiger partial charge on any atom is 0.264 e. The molecular weight excluding hydrogens is 336 g/mol. The smallest absolute Gasteiger partial charge is 0.264 e. The molecule has 4 aromatic rings. The van der Waals surface area contributed by atoms with Crippen molar-refractivity contribution in [2.45, 2.75) is 34.2 Å². The standard InChI is InChI=1S/C22H22N4O/c1-14-8-9-16(3)18(10-14)12-25-13-23-21-19(22(25)27)11-24-26(21)20-7-5-6-15(2)17(20)4/h5-11,13H,12H2,1-4H3. The van der Waals surface area contributed by atoms with Gasteiger partial charge in [0.25, 0.3) is 5.56 Å². The second kappa shape index (κ2) is 6.50. The molecule has 2 aromatic heterocycles. The van der Waals surface area contributed by atoms with Crippen molar-refractivity contribution in [1.82, 2.24) is 19.3 Å². The third-order valence-corrected chi connectivity index (χ3v) is 5.20. The summed E-state index contributed by atoms with van der Waals surface area (Å²) in [5, 5.41) is 4.98. The van der Waals surface area contributed by atoms with E-state index in [0.717, 1.165) is 16.8 Å². The van der Waals surface area contributed by atoms with Gasteiger partial charge in [-0.25, -0.2) is 9.67 Å². The Labute approximate surface area is 157 Å². The van der Waals surface area contributed by atoms with Crippen LogP contribution in [0.15, 0.2) is 53.7 Å². The molecule has 0 N–H and O–H groups in total. The third kappa shape index (κ3) is 2.95. The van der Waals surface area contributed by atoms with E-state index < -0.39 is 0 Å². The lowest BCUT2D eigenvalue weighted by Crippen LogP contribution is -2.21. The average Bonchev–Trinajstić information content (AvgIpc) is 3.07.